The molecule has 0 atom stereocenters. The van der Waals surface area contributed by atoms with E-state index in [1.807, 2.05) is 0 Å². The highest BCUT2D eigenvalue weighted by Crippen LogP contribution is 2.53. The summed E-state index contributed by atoms with van der Waals surface area (Å²) in [5, 5.41) is 23.4. The Morgan fingerprint density at radius 2 is 1.26 bits per heavy atom. The van der Waals surface area contributed by atoms with Crippen LogP contribution in [0.3, 0.4) is 0 Å². The van der Waals surface area contributed by atoms with Gasteiger partial charge in [0, 0.05) is 17.2 Å². The number of alkyl halides is 3. The number of nitrogens with zero attached hydrogens (tertiary/aromatic N) is 2. The topological polar surface area (TPSA) is 139 Å². The van der Waals surface area contributed by atoms with Gasteiger partial charge in [0.05, 0.1) is 9.85 Å². The summed E-state index contributed by atoms with van der Waals surface area (Å²) in [6.45, 7) is 0. The van der Waals surface area contributed by atoms with Gasteiger partial charge in [0.1, 0.15) is 29.6 Å². The monoisotopic (exact) mass is 476 g/mol. The third-order valence-corrected chi connectivity index (χ3v) is 4.30. The summed E-state index contributed by atoms with van der Waals surface area (Å²) in [5.74, 6) is -3.19. The number of benzene rings is 3. The van der Waals surface area contributed by atoms with Gasteiger partial charge in [-0.1, -0.05) is 24.3 Å². The highest BCUT2D eigenvalue weighted by atomic mass is 19.4. The number of hydrogen-bond acceptors (Lipinski definition) is 8. The number of carbonyl (C=O) groups is 2. The first-order valence-corrected chi connectivity index (χ1v) is 9.08. The lowest BCUT2D eigenvalue weighted by molar-refractivity contribution is -0.396. The van der Waals surface area contributed by atoms with E-state index in [1.54, 1.807) is 0 Å². The Morgan fingerprint density at radius 3 is 1.68 bits per heavy atom. The Labute approximate surface area is 187 Å². The van der Waals surface area contributed by atoms with Gasteiger partial charge in [-0.3, -0.25) is 29.8 Å². The van der Waals surface area contributed by atoms with E-state index in [1.165, 1.54) is 30.3 Å². The molecule has 0 saturated carbocycles. The molecule has 0 N–H and O–H groups in total. The molecule has 10 nitrogen and oxygen atoms in total. The predicted molar refractivity (Wildman–Crippen MR) is 109 cm³/mol. The summed E-state index contributed by atoms with van der Waals surface area (Å²) < 4.78 is 51.7. The first-order valence-electron chi connectivity index (χ1n) is 9.08. The Kier molecular flexibility index (Phi) is 6.56. The van der Waals surface area contributed by atoms with Crippen molar-refractivity contribution in [3.63, 3.8) is 0 Å². The van der Waals surface area contributed by atoms with E-state index in [-0.39, 0.29) is 28.7 Å². The van der Waals surface area contributed by atoms with Crippen LogP contribution in [0.2, 0.25) is 0 Å². The zero-order valence-corrected chi connectivity index (χ0v) is 16.6. The van der Waals surface area contributed by atoms with E-state index in [0.29, 0.717) is 12.6 Å². The Bertz CT molecular complexity index is 1310. The van der Waals surface area contributed by atoms with Crippen molar-refractivity contribution in [3.8, 4) is 23.0 Å². The summed E-state index contributed by atoms with van der Waals surface area (Å²) in [5.41, 5.74) is -4.61. The number of hydrogen-bond donors (Lipinski definition) is 0. The van der Waals surface area contributed by atoms with Crippen LogP contribution in [0, 0.1) is 20.2 Å². The maximum absolute atomic E-state index is 13.8. The van der Waals surface area contributed by atoms with Gasteiger partial charge in [-0.15, -0.1) is 0 Å². The Morgan fingerprint density at radius 1 is 0.765 bits per heavy atom. The molecule has 3 rings (SSSR count). The Hall–Kier alpha value is -4.81. The number of aldehydes is 2. The molecule has 0 aliphatic heterocycles. The lowest BCUT2D eigenvalue weighted by atomic mass is 10.1. The van der Waals surface area contributed by atoms with Crippen molar-refractivity contribution in [1.29, 1.82) is 0 Å². The van der Waals surface area contributed by atoms with Crippen LogP contribution >= 0.6 is 0 Å². The van der Waals surface area contributed by atoms with E-state index in [2.05, 4.69) is 0 Å². The molecular weight excluding hydrogens is 465 g/mol. The average molecular weight is 476 g/mol. The highest BCUT2D eigenvalue weighted by molar-refractivity contribution is 5.77. The lowest BCUT2D eigenvalue weighted by Crippen LogP contribution is -2.11. The van der Waals surface area contributed by atoms with Crippen LogP contribution in [0.4, 0.5) is 24.5 Å². The summed E-state index contributed by atoms with van der Waals surface area (Å²) in [4.78, 5) is 42.8. The van der Waals surface area contributed by atoms with Gasteiger partial charge < -0.3 is 9.47 Å². The van der Waals surface area contributed by atoms with Crippen LogP contribution in [0.15, 0.2) is 54.6 Å². The summed E-state index contributed by atoms with van der Waals surface area (Å²) >= 11 is 0. The van der Waals surface area contributed by atoms with Crippen molar-refractivity contribution in [2.24, 2.45) is 0 Å². The molecule has 3 aromatic carbocycles. The molecule has 0 radical (unpaired) electrons. The minimum absolute atomic E-state index is 0.00206. The van der Waals surface area contributed by atoms with Gasteiger partial charge in [0.25, 0.3) is 5.75 Å². The number of carbonyl (C=O) groups excluding carboxylic acids is 2. The van der Waals surface area contributed by atoms with Crippen LogP contribution < -0.4 is 9.47 Å². The van der Waals surface area contributed by atoms with Crippen molar-refractivity contribution in [3.05, 3.63) is 91.5 Å². The average Bonchev–Trinajstić information content (AvgIpc) is 2.78. The molecule has 0 heterocycles. The molecule has 13 heteroatoms. The van der Waals surface area contributed by atoms with E-state index in [0.717, 1.165) is 18.2 Å². The molecule has 0 saturated heterocycles. The zero-order valence-electron chi connectivity index (χ0n) is 16.6. The minimum atomic E-state index is -5.30. The van der Waals surface area contributed by atoms with Crippen molar-refractivity contribution in [1.82, 2.24) is 0 Å². The van der Waals surface area contributed by atoms with Crippen molar-refractivity contribution >= 4 is 23.9 Å². The fourth-order valence-corrected chi connectivity index (χ4v) is 2.87. The second kappa shape index (κ2) is 9.36. The molecule has 0 amide bonds. The van der Waals surface area contributed by atoms with Gasteiger partial charge in [-0.2, -0.15) is 13.2 Å². The highest BCUT2D eigenvalue weighted by Gasteiger charge is 2.45. The lowest BCUT2D eigenvalue weighted by Gasteiger charge is -2.16. The number of nitro groups is 2. The zero-order chi connectivity index (χ0) is 25.0. The fourth-order valence-electron chi connectivity index (χ4n) is 2.87. The molecule has 0 aliphatic rings. The third-order valence-electron chi connectivity index (χ3n) is 4.30. The molecule has 0 spiro atoms. The van der Waals surface area contributed by atoms with Crippen molar-refractivity contribution < 1.29 is 42.1 Å². The number of halogens is 3. The maximum Gasteiger partial charge on any atom is 0.420 e. The predicted octanol–water partition coefficient (Wildman–Crippen LogP) is 5.73. The smallest absolute Gasteiger partial charge is 0.420 e. The standard InChI is InChI=1S/C21H11F3N2O8/c22-21(23,24)16-9-17(25(29)30)20(34-15-6-2-4-13(8-15)11-28)18(26(31)32)19(16)33-14-5-1-3-12(7-14)10-27/h1-11H. The van der Waals surface area contributed by atoms with E-state index < -0.39 is 44.5 Å². The quantitative estimate of drug-likeness (QED) is 0.228. The number of ether oxygens (including phenoxy) is 2. The van der Waals surface area contributed by atoms with Crippen LogP contribution in [0.25, 0.3) is 0 Å². The first kappa shape index (κ1) is 23.8. The summed E-state index contributed by atoms with van der Waals surface area (Å²) in [6.07, 6.45) is -4.53. The van der Waals surface area contributed by atoms with Crippen LogP contribution in [-0.2, 0) is 6.18 Å². The van der Waals surface area contributed by atoms with Gasteiger partial charge in [0.2, 0.25) is 5.75 Å². The van der Waals surface area contributed by atoms with Crippen LogP contribution in [0.1, 0.15) is 26.3 Å². The molecule has 0 aromatic heterocycles. The molecule has 174 valence electrons. The van der Waals surface area contributed by atoms with Gasteiger partial charge in [-0.25, -0.2) is 0 Å². The second-order valence-electron chi connectivity index (χ2n) is 6.55. The van der Waals surface area contributed by atoms with Gasteiger partial charge in [0.15, 0.2) is 0 Å². The molecule has 0 bridgehead atoms. The largest absolute Gasteiger partial charge is 0.449 e. The number of nitro benzene ring substituents is 2. The molecule has 3 aromatic rings. The van der Waals surface area contributed by atoms with Gasteiger partial charge in [-0.05, 0) is 24.3 Å². The molecule has 34 heavy (non-hydrogen) atoms. The molecule has 0 unspecified atom stereocenters. The molecule has 0 aliphatic carbocycles. The maximum atomic E-state index is 13.8. The van der Waals surface area contributed by atoms with E-state index in [9.17, 15) is 43.0 Å². The van der Waals surface area contributed by atoms with Crippen LogP contribution in [-0.4, -0.2) is 22.4 Å². The van der Waals surface area contributed by atoms with E-state index in [4.69, 9.17) is 9.47 Å². The Balaban J connectivity index is 2.33. The van der Waals surface area contributed by atoms with Gasteiger partial charge >= 0.3 is 17.6 Å². The fraction of sp³-hybridized carbons (Fsp3) is 0.0476. The summed E-state index contributed by atoms with van der Waals surface area (Å²) in [7, 11) is 0. The normalized spacial score (nSPS) is 10.9. The second-order valence-corrected chi connectivity index (χ2v) is 6.55. The third kappa shape index (κ3) is 4.98. The minimum Gasteiger partial charge on any atom is -0.449 e. The van der Waals surface area contributed by atoms with Crippen molar-refractivity contribution in [2.45, 2.75) is 6.18 Å². The first-order chi connectivity index (χ1) is 16.0. The number of rotatable bonds is 8. The van der Waals surface area contributed by atoms with E-state index >= 15 is 0 Å². The van der Waals surface area contributed by atoms with Crippen LogP contribution in [0.5, 0.6) is 23.0 Å². The summed E-state index contributed by atoms with van der Waals surface area (Å²) in [6, 6.07) is 9.66. The molecule has 0 fully saturated rings. The van der Waals surface area contributed by atoms with Crippen molar-refractivity contribution in [2.75, 3.05) is 0 Å². The molecular formula is C21H11F3N2O8. The SMILES string of the molecule is O=Cc1cccc(Oc2c([N+](=O)[O-])cc(C(F)(F)F)c(Oc3cccc(C=O)c3)c2[N+](=O)[O-])c1.